The van der Waals surface area contributed by atoms with Gasteiger partial charge in [-0.2, -0.15) is 20.1 Å². The highest BCUT2D eigenvalue weighted by Gasteiger charge is 2.04. The fraction of sp³-hybridized carbons (Fsp3) is 0. The van der Waals surface area contributed by atoms with E-state index < -0.39 is 0 Å². The van der Waals surface area contributed by atoms with Crippen molar-refractivity contribution in [1.82, 2.24) is 24.7 Å². The summed E-state index contributed by atoms with van der Waals surface area (Å²) in [6.07, 6.45) is 3.29. The largest absolute Gasteiger partial charge is 0.256 e. The minimum Gasteiger partial charge on any atom is -0.206 e. The Morgan fingerprint density at radius 1 is 1.08 bits per heavy atom. The van der Waals surface area contributed by atoms with Gasteiger partial charge in [-0.1, -0.05) is 0 Å². The molecule has 0 aromatic carbocycles. The van der Waals surface area contributed by atoms with Gasteiger partial charge in [-0.3, -0.25) is 0 Å². The summed E-state index contributed by atoms with van der Waals surface area (Å²) in [4.78, 5) is 11.3. The van der Waals surface area contributed by atoms with Crippen molar-refractivity contribution in [3.8, 4) is 5.95 Å². The average Bonchev–Trinajstić information content (AvgIpc) is 2.53. The topological polar surface area (TPSA) is 56.5 Å². The lowest BCUT2D eigenvalue weighted by molar-refractivity contribution is 0.795. The van der Waals surface area contributed by atoms with Crippen molar-refractivity contribution in [2.24, 2.45) is 0 Å². The summed E-state index contributed by atoms with van der Waals surface area (Å²) in [5.41, 5.74) is 0. The molecule has 0 unspecified atom stereocenters. The van der Waals surface area contributed by atoms with Crippen LogP contribution in [0.3, 0.4) is 0 Å². The first-order valence-electron chi connectivity index (χ1n) is 3.33. The predicted octanol–water partition coefficient (Wildman–Crippen LogP) is 1.36. The fourth-order valence-corrected chi connectivity index (χ4v) is 1.16. The van der Waals surface area contributed by atoms with E-state index in [0.717, 1.165) is 0 Å². The van der Waals surface area contributed by atoms with E-state index in [1.807, 2.05) is 0 Å². The summed E-state index contributed by atoms with van der Waals surface area (Å²) in [7, 11) is 0. The van der Waals surface area contributed by atoms with Gasteiger partial charge in [0.05, 0.1) is 0 Å². The standard InChI is InChI=1S/C6H3Cl2N5/c7-4-10-5(8)12-6(11-4)13-3-1-2-9-13/h1-3H. The molecule has 0 N–H and O–H groups in total. The molecule has 0 atom stereocenters. The SMILES string of the molecule is Clc1nc(Cl)nc(-n2cccn2)n1. The number of aromatic nitrogens is 5. The maximum Gasteiger partial charge on any atom is 0.256 e. The van der Waals surface area contributed by atoms with Gasteiger partial charge in [0.15, 0.2) is 0 Å². The van der Waals surface area contributed by atoms with Crippen LogP contribution in [0, 0.1) is 0 Å². The summed E-state index contributed by atoms with van der Waals surface area (Å²) in [5, 5.41) is 4.01. The Hall–Kier alpha value is -1.20. The van der Waals surface area contributed by atoms with Crippen LogP contribution >= 0.6 is 23.2 Å². The van der Waals surface area contributed by atoms with E-state index in [2.05, 4.69) is 20.1 Å². The van der Waals surface area contributed by atoms with Crippen molar-refractivity contribution in [2.75, 3.05) is 0 Å². The van der Waals surface area contributed by atoms with Gasteiger partial charge in [0.1, 0.15) is 0 Å². The molecule has 0 fully saturated rings. The van der Waals surface area contributed by atoms with Crippen LogP contribution in [0.15, 0.2) is 18.5 Å². The van der Waals surface area contributed by atoms with E-state index in [-0.39, 0.29) is 10.6 Å². The van der Waals surface area contributed by atoms with Crippen LogP contribution in [0.1, 0.15) is 0 Å². The molecule has 0 amide bonds. The molecule has 0 aliphatic rings. The Bertz CT molecular complexity index is 393. The first-order valence-corrected chi connectivity index (χ1v) is 4.08. The molecular weight excluding hydrogens is 213 g/mol. The highest BCUT2D eigenvalue weighted by Crippen LogP contribution is 2.08. The van der Waals surface area contributed by atoms with Crippen LogP contribution in [-0.2, 0) is 0 Å². The Morgan fingerprint density at radius 3 is 2.31 bits per heavy atom. The van der Waals surface area contributed by atoms with Gasteiger partial charge in [0, 0.05) is 12.4 Å². The lowest BCUT2D eigenvalue weighted by Gasteiger charge is -1.98. The molecule has 0 bridgehead atoms. The number of nitrogens with zero attached hydrogens (tertiary/aromatic N) is 5. The molecule has 2 rings (SSSR count). The van der Waals surface area contributed by atoms with E-state index in [1.165, 1.54) is 4.68 Å². The van der Waals surface area contributed by atoms with E-state index in [9.17, 15) is 0 Å². The maximum atomic E-state index is 5.58. The van der Waals surface area contributed by atoms with Crippen molar-refractivity contribution < 1.29 is 0 Å². The first kappa shape index (κ1) is 8.40. The molecule has 2 aromatic rings. The van der Waals surface area contributed by atoms with Crippen LogP contribution in [0.25, 0.3) is 5.95 Å². The monoisotopic (exact) mass is 215 g/mol. The zero-order valence-electron chi connectivity index (χ0n) is 6.22. The van der Waals surface area contributed by atoms with Gasteiger partial charge in [0.2, 0.25) is 10.6 Å². The highest BCUT2D eigenvalue weighted by molar-refractivity contribution is 6.31. The Balaban J connectivity index is 2.53. The molecule has 13 heavy (non-hydrogen) atoms. The Kier molecular flexibility index (Phi) is 2.12. The molecule has 0 saturated carbocycles. The summed E-state index contributed by atoms with van der Waals surface area (Å²) in [5.74, 6) is 0.301. The second-order valence-electron chi connectivity index (χ2n) is 2.12. The maximum absolute atomic E-state index is 5.58. The molecule has 7 heteroatoms. The Morgan fingerprint density at radius 2 is 1.77 bits per heavy atom. The molecule has 0 saturated heterocycles. The number of halogens is 2. The molecule has 2 aromatic heterocycles. The van der Waals surface area contributed by atoms with E-state index in [1.54, 1.807) is 18.5 Å². The average molecular weight is 216 g/mol. The Labute approximate surface area is 83.4 Å². The van der Waals surface area contributed by atoms with Gasteiger partial charge in [0.25, 0.3) is 5.95 Å². The second-order valence-corrected chi connectivity index (χ2v) is 2.80. The smallest absolute Gasteiger partial charge is 0.206 e. The van der Waals surface area contributed by atoms with Crippen molar-refractivity contribution in [2.45, 2.75) is 0 Å². The van der Waals surface area contributed by atoms with Crippen molar-refractivity contribution in [1.29, 1.82) is 0 Å². The first-order chi connectivity index (χ1) is 6.25. The van der Waals surface area contributed by atoms with Crippen LogP contribution in [0.2, 0.25) is 10.6 Å². The van der Waals surface area contributed by atoms with Crippen molar-refractivity contribution in [3.05, 3.63) is 29.0 Å². The third-order valence-corrected chi connectivity index (χ3v) is 1.62. The zero-order valence-corrected chi connectivity index (χ0v) is 7.74. The minimum absolute atomic E-state index is 0.0468. The molecule has 2 heterocycles. The molecule has 0 spiro atoms. The second kappa shape index (κ2) is 3.27. The fourth-order valence-electron chi connectivity index (χ4n) is 0.806. The van der Waals surface area contributed by atoms with Crippen molar-refractivity contribution in [3.63, 3.8) is 0 Å². The van der Waals surface area contributed by atoms with Gasteiger partial charge < -0.3 is 0 Å². The highest BCUT2D eigenvalue weighted by atomic mass is 35.5. The molecular formula is C6H3Cl2N5. The molecule has 5 nitrogen and oxygen atoms in total. The van der Waals surface area contributed by atoms with E-state index in [0.29, 0.717) is 5.95 Å². The van der Waals surface area contributed by atoms with Crippen molar-refractivity contribution >= 4 is 23.2 Å². The number of rotatable bonds is 1. The third kappa shape index (κ3) is 1.76. The van der Waals surface area contributed by atoms with Gasteiger partial charge >= 0.3 is 0 Å². The van der Waals surface area contributed by atoms with Gasteiger partial charge in [-0.05, 0) is 29.3 Å². The number of hydrogen-bond donors (Lipinski definition) is 0. The lowest BCUT2D eigenvalue weighted by Crippen LogP contribution is -2.03. The molecule has 0 aliphatic heterocycles. The molecule has 0 radical (unpaired) electrons. The minimum atomic E-state index is 0.0468. The summed E-state index contributed by atoms with van der Waals surface area (Å²) < 4.78 is 1.44. The van der Waals surface area contributed by atoms with Crippen LogP contribution < -0.4 is 0 Å². The van der Waals surface area contributed by atoms with Gasteiger partial charge in [-0.25, -0.2) is 4.68 Å². The normalized spacial score (nSPS) is 10.3. The van der Waals surface area contributed by atoms with Crippen LogP contribution in [0.5, 0.6) is 0 Å². The third-order valence-electron chi connectivity index (χ3n) is 1.28. The summed E-state index contributed by atoms with van der Waals surface area (Å²) >= 11 is 11.2. The zero-order chi connectivity index (χ0) is 9.26. The van der Waals surface area contributed by atoms with E-state index in [4.69, 9.17) is 23.2 Å². The van der Waals surface area contributed by atoms with E-state index >= 15 is 0 Å². The van der Waals surface area contributed by atoms with Gasteiger partial charge in [-0.15, -0.1) is 0 Å². The lowest BCUT2D eigenvalue weighted by atomic mass is 10.7. The number of hydrogen-bond acceptors (Lipinski definition) is 4. The van der Waals surface area contributed by atoms with Crippen LogP contribution in [-0.4, -0.2) is 24.7 Å². The quantitative estimate of drug-likeness (QED) is 0.722. The summed E-state index contributed by atoms with van der Waals surface area (Å²) in [6, 6.07) is 1.74. The predicted molar refractivity (Wildman–Crippen MR) is 47.0 cm³/mol. The summed E-state index contributed by atoms with van der Waals surface area (Å²) in [6.45, 7) is 0. The molecule has 66 valence electrons. The van der Waals surface area contributed by atoms with Crippen LogP contribution in [0.4, 0.5) is 0 Å². The molecule has 0 aliphatic carbocycles.